The van der Waals surface area contributed by atoms with Crippen LogP contribution >= 0.6 is 0 Å². The minimum Gasteiger partial charge on any atom is -0.504 e. The van der Waals surface area contributed by atoms with E-state index in [2.05, 4.69) is 10.3 Å². The summed E-state index contributed by atoms with van der Waals surface area (Å²) in [5.41, 5.74) is 1.13. The minimum atomic E-state index is -0.527. The molecule has 0 aliphatic rings. The van der Waals surface area contributed by atoms with Gasteiger partial charge >= 0.3 is 0 Å². The van der Waals surface area contributed by atoms with Crippen LogP contribution in [0.15, 0.2) is 30.5 Å². The number of benzene rings is 1. The second kappa shape index (κ2) is 6.01. The molecule has 1 heterocycles. The lowest BCUT2D eigenvalue weighted by Crippen LogP contribution is -2.04. The van der Waals surface area contributed by atoms with Crippen LogP contribution in [0.1, 0.15) is 12.5 Å². The Kier molecular flexibility index (Phi) is 4.14. The third-order valence-electron chi connectivity index (χ3n) is 2.73. The van der Waals surface area contributed by atoms with Crippen molar-refractivity contribution in [3.05, 3.63) is 36.0 Å². The number of hydrogen-bond donors (Lipinski definition) is 4. The molecule has 1 aromatic carbocycles. The molecule has 0 saturated heterocycles. The van der Waals surface area contributed by atoms with Gasteiger partial charge in [0.05, 0.1) is 12.3 Å². The maximum atomic E-state index is 9.73. The van der Waals surface area contributed by atoms with Crippen LogP contribution < -0.4 is 10.1 Å². The maximum Gasteiger partial charge on any atom is 0.237 e. The zero-order valence-electron chi connectivity index (χ0n) is 11.0. The molecule has 0 bridgehead atoms. The number of pyridine rings is 1. The van der Waals surface area contributed by atoms with Gasteiger partial charge in [-0.05, 0) is 31.2 Å². The average molecular weight is 276 g/mol. The third-order valence-corrected chi connectivity index (χ3v) is 2.73. The maximum absolute atomic E-state index is 9.73. The van der Waals surface area contributed by atoms with Gasteiger partial charge in [0.25, 0.3) is 0 Å². The number of aromatic nitrogens is 1. The standard InChI is InChI=1S/C14H16N2O4/c1-2-20-14-10(4-3-7-15-14)16-8-9-5-6-11(17)13(19)12(9)18/h3-7,16-19H,2,8H2,1H3. The van der Waals surface area contributed by atoms with Gasteiger partial charge in [-0.2, -0.15) is 0 Å². The number of nitrogens with zero attached hydrogens (tertiary/aromatic N) is 1. The Bertz CT molecular complexity index is 602. The van der Waals surface area contributed by atoms with Gasteiger partial charge in [-0.15, -0.1) is 0 Å². The Morgan fingerprint density at radius 1 is 1.15 bits per heavy atom. The van der Waals surface area contributed by atoms with Crippen LogP contribution in [0, 0.1) is 0 Å². The predicted octanol–water partition coefficient (Wildman–Crippen LogP) is 2.21. The van der Waals surface area contributed by atoms with Crippen molar-refractivity contribution in [2.45, 2.75) is 13.5 Å². The van der Waals surface area contributed by atoms with Gasteiger partial charge in [0.2, 0.25) is 11.6 Å². The van der Waals surface area contributed by atoms with Crippen molar-refractivity contribution in [3.63, 3.8) is 0 Å². The van der Waals surface area contributed by atoms with Crippen molar-refractivity contribution in [2.24, 2.45) is 0 Å². The molecule has 2 rings (SSSR count). The Labute approximate surface area is 116 Å². The predicted molar refractivity (Wildman–Crippen MR) is 74.2 cm³/mol. The van der Waals surface area contributed by atoms with Crippen LogP contribution in [-0.4, -0.2) is 26.9 Å². The number of aromatic hydroxyl groups is 3. The van der Waals surface area contributed by atoms with Gasteiger partial charge in [0, 0.05) is 18.3 Å². The fraction of sp³-hybridized carbons (Fsp3) is 0.214. The summed E-state index contributed by atoms with van der Waals surface area (Å²) in [6, 6.07) is 6.40. The minimum absolute atomic E-state index is 0.255. The van der Waals surface area contributed by atoms with Crippen molar-refractivity contribution in [1.82, 2.24) is 4.98 Å². The molecule has 6 heteroatoms. The van der Waals surface area contributed by atoms with E-state index in [0.717, 1.165) is 0 Å². The summed E-state index contributed by atoms with van der Waals surface area (Å²) in [4.78, 5) is 4.10. The van der Waals surface area contributed by atoms with Gasteiger partial charge in [-0.1, -0.05) is 0 Å². The zero-order chi connectivity index (χ0) is 14.5. The molecule has 6 nitrogen and oxygen atoms in total. The highest BCUT2D eigenvalue weighted by Crippen LogP contribution is 2.37. The molecule has 0 spiro atoms. The van der Waals surface area contributed by atoms with Crippen molar-refractivity contribution in [1.29, 1.82) is 0 Å². The highest BCUT2D eigenvalue weighted by molar-refractivity contribution is 5.56. The number of hydrogen-bond acceptors (Lipinski definition) is 6. The second-order valence-electron chi connectivity index (χ2n) is 4.08. The Hall–Kier alpha value is -2.63. The smallest absolute Gasteiger partial charge is 0.237 e. The molecular weight excluding hydrogens is 260 g/mol. The van der Waals surface area contributed by atoms with Crippen LogP contribution in [0.25, 0.3) is 0 Å². The van der Waals surface area contributed by atoms with Crippen LogP contribution in [0.2, 0.25) is 0 Å². The Morgan fingerprint density at radius 3 is 2.70 bits per heavy atom. The number of phenolic OH excluding ortho intramolecular Hbond substituents is 3. The van der Waals surface area contributed by atoms with Crippen molar-refractivity contribution in [3.8, 4) is 23.1 Å². The van der Waals surface area contributed by atoms with Crippen LogP contribution in [0.3, 0.4) is 0 Å². The quantitative estimate of drug-likeness (QED) is 0.625. The van der Waals surface area contributed by atoms with Gasteiger partial charge in [-0.3, -0.25) is 0 Å². The average Bonchev–Trinajstić information content (AvgIpc) is 2.46. The molecule has 0 aliphatic carbocycles. The molecule has 0 unspecified atom stereocenters. The summed E-state index contributed by atoms with van der Waals surface area (Å²) >= 11 is 0. The summed E-state index contributed by atoms with van der Waals surface area (Å²) in [6.45, 7) is 2.62. The van der Waals surface area contributed by atoms with E-state index in [1.807, 2.05) is 6.92 Å². The first-order chi connectivity index (χ1) is 9.63. The second-order valence-corrected chi connectivity index (χ2v) is 4.08. The van der Waals surface area contributed by atoms with Gasteiger partial charge < -0.3 is 25.4 Å². The molecule has 4 N–H and O–H groups in total. The number of anilines is 1. The number of ether oxygens (including phenoxy) is 1. The lowest BCUT2D eigenvalue weighted by molar-refractivity contribution is 0.328. The molecule has 1 aromatic heterocycles. The summed E-state index contributed by atoms with van der Waals surface area (Å²) in [6.07, 6.45) is 1.63. The first kappa shape index (κ1) is 13.8. The van der Waals surface area contributed by atoms with E-state index >= 15 is 0 Å². The van der Waals surface area contributed by atoms with Crippen LogP contribution in [-0.2, 0) is 6.54 Å². The fourth-order valence-electron chi connectivity index (χ4n) is 1.72. The highest BCUT2D eigenvalue weighted by Gasteiger charge is 2.11. The lowest BCUT2D eigenvalue weighted by atomic mass is 10.1. The van der Waals surface area contributed by atoms with E-state index in [-0.39, 0.29) is 18.0 Å². The Morgan fingerprint density at radius 2 is 1.95 bits per heavy atom. The third kappa shape index (κ3) is 2.85. The zero-order valence-corrected chi connectivity index (χ0v) is 11.0. The number of nitrogens with one attached hydrogen (secondary N) is 1. The molecule has 20 heavy (non-hydrogen) atoms. The molecule has 0 aliphatic heterocycles. The number of rotatable bonds is 5. The first-order valence-corrected chi connectivity index (χ1v) is 6.18. The first-order valence-electron chi connectivity index (χ1n) is 6.18. The largest absolute Gasteiger partial charge is 0.504 e. The monoisotopic (exact) mass is 276 g/mol. The molecule has 106 valence electrons. The SMILES string of the molecule is CCOc1ncccc1NCc1ccc(O)c(O)c1O. The molecule has 0 atom stereocenters. The summed E-state index contributed by atoms with van der Waals surface area (Å²) in [7, 11) is 0. The summed E-state index contributed by atoms with van der Waals surface area (Å²) in [5, 5.41) is 31.5. The van der Waals surface area contributed by atoms with E-state index in [1.54, 1.807) is 18.3 Å². The molecule has 0 saturated carbocycles. The van der Waals surface area contributed by atoms with Crippen molar-refractivity contribution >= 4 is 5.69 Å². The molecule has 0 amide bonds. The van der Waals surface area contributed by atoms with Crippen molar-refractivity contribution in [2.75, 3.05) is 11.9 Å². The van der Waals surface area contributed by atoms with E-state index in [4.69, 9.17) is 4.74 Å². The summed E-state index contributed by atoms with van der Waals surface area (Å²) < 4.78 is 5.37. The molecule has 0 radical (unpaired) electrons. The van der Waals surface area contributed by atoms with Gasteiger partial charge in [0.1, 0.15) is 0 Å². The van der Waals surface area contributed by atoms with E-state index < -0.39 is 5.75 Å². The van der Waals surface area contributed by atoms with E-state index in [1.165, 1.54) is 12.1 Å². The number of phenols is 3. The summed E-state index contributed by atoms with van der Waals surface area (Å²) in [5.74, 6) is -0.764. The van der Waals surface area contributed by atoms with E-state index in [9.17, 15) is 15.3 Å². The van der Waals surface area contributed by atoms with E-state index in [0.29, 0.717) is 23.7 Å². The fourth-order valence-corrected chi connectivity index (χ4v) is 1.72. The molecular formula is C14H16N2O4. The van der Waals surface area contributed by atoms with Gasteiger partial charge in [-0.25, -0.2) is 4.98 Å². The normalized spacial score (nSPS) is 10.2. The van der Waals surface area contributed by atoms with Crippen LogP contribution in [0.4, 0.5) is 5.69 Å². The highest BCUT2D eigenvalue weighted by atomic mass is 16.5. The Balaban J connectivity index is 2.15. The van der Waals surface area contributed by atoms with Crippen LogP contribution in [0.5, 0.6) is 23.1 Å². The topological polar surface area (TPSA) is 94.8 Å². The van der Waals surface area contributed by atoms with Gasteiger partial charge in [0.15, 0.2) is 11.5 Å². The lowest BCUT2D eigenvalue weighted by Gasteiger charge is -2.12. The molecule has 2 aromatic rings. The molecule has 0 fully saturated rings. The van der Waals surface area contributed by atoms with Crippen molar-refractivity contribution < 1.29 is 20.1 Å².